The normalized spacial score (nSPS) is 16.7. The van der Waals surface area contributed by atoms with E-state index in [0.29, 0.717) is 22.4 Å². The number of esters is 1. The number of carbonyl (C=O) groups excluding carboxylic acids is 7. The monoisotopic (exact) mass is 774 g/mol. The molecule has 4 aromatic rings. The van der Waals surface area contributed by atoms with Crippen molar-refractivity contribution in [3.8, 4) is 16.9 Å². The highest BCUT2D eigenvalue weighted by atomic mass is 16.5. The number of methoxy groups -OCH3 is 1. The number of ether oxygens (including phenoxy) is 2. The Labute approximate surface area is 325 Å². The van der Waals surface area contributed by atoms with Gasteiger partial charge in [-0.1, -0.05) is 42.5 Å². The van der Waals surface area contributed by atoms with Crippen molar-refractivity contribution in [2.75, 3.05) is 38.7 Å². The van der Waals surface area contributed by atoms with Crippen LogP contribution in [0.3, 0.4) is 0 Å². The van der Waals surface area contributed by atoms with Crippen LogP contribution in [0.2, 0.25) is 0 Å². The molecule has 57 heavy (non-hydrogen) atoms. The molecule has 1 saturated heterocycles. The van der Waals surface area contributed by atoms with Crippen LogP contribution in [-0.2, 0) is 36.7 Å². The number of hydrogen-bond acceptors (Lipinski definition) is 12. The molecule has 0 saturated carbocycles. The predicted molar refractivity (Wildman–Crippen MR) is 202 cm³/mol. The van der Waals surface area contributed by atoms with E-state index >= 15 is 0 Å². The highest BCUT2D eigenvalue weighted by molar-refractivity contribution is 6.25. The third kappa shape index (κ3) is 7.54. The summed E-state index contributed by atoms with van der Waals surface area (Å²) >= 11 is 0. The molecular weight excluding hydrogens is 736 g/mol. The van der Waals surface area contributed by atoms with Crippen molar-refractivity contribution >= 4 is 47.1 Å². The number of carbonyl (C=O) groups is 7. The van der Waals surface area contributed by atoms with E-state index in [1.54, 1.807) is 36.4 Å². The van der Waals surface area contributed by atoms with Gasteiger partial charge in [0.25, 0.3) is 23.6 Å². The van der Waals surface area contributed by atoms with E-state index in [9.17, 15) is 38.7 Å². The molecule has 1 atom stereocenters. The first-order valence-corrected chi connectivity index (χ1v) is 18.2. The van der Waals surface area contributed by atoms with Crippen molar-refractivity contribution in [1.29, 1.82) is 0 Å². The molecule has 0 radical (unpaired) electrons. The van der Waals surface area contributed by atoms with E-state index in [0.717, 1.165) is 16.0 Å². The van der Waals surface area contributed by atoms with Crippen LogP contribution >= 0.6 is 0 Å². The number of piperidine rings is 1. The number of benzene rings is 3. The lowest BCUT2D eigenvalue weighted by Gasteiger charge is -2.27. The van der Waals surface area contributed by atoms with E-state index in [1.807, 2.05) is 24.3 Å². The molecular formula is C41H38N6O10. The Morgan fingerprint density at radius 2 is 1.60 bits per heavy atom. The first-order chi connectivity index (χ1) is 27.5. The number of imide groups is 2. The zero-order valence-corrected chi connectivity index (χ0v) is 30.8. The molecule has 3 aromatic carbocycles. The fourth-order valence-corrected chi connectivity index (χ4v) is 7.39. The van der Waals surface area contributed by atoms with Crippen molar-refractivity contribution in [2.45, 2.75) is 37.3 Å². The zero-order valence-electron chi connectivity index (χ0n) is 30.8. The van der Waals surface area contributed by atoms with Crippen LogP contribution in [0.4, 0.5) is 5.69 Å². The minimum absolute atomic E-state index is 0.0277. The third-order valence-corrected chi connectivity index (χ3v) is 10.2. The summed E-state index contributed by atoms with van der Waals surface area (Å²) in [4.78, 5) is 94.5. The number of aromatic nitrogens is 1. The van der Waals surface area contributed by atoms with Crippen molar-refractivity contribution in [1.82, 2.24) is 25.8 Å². The number of nitrogens with one attached hydrogen (secondary N) is 4. The number of amides is 6. The highest BCUT2D eigenvalue weighted by Crippen LogP contribution is 2.35. The van der Waals surface area contributed by atoms with Crippen LogP contribution in [0.15, 0.2) is 79.0 Å². The van der Waals surface area contributed by atoms with Crippen molar-refractivity contribution < 1.29 is 48.1 Å². The second-order valence-electron chi connectivity index (χ2n) is 13.8. The van der Waals surface area contributed by atoms with Gasteiger partial charge in [0.2, 0.25) is 11.8 Å². The van der Waals surface area contributed by atoms with Gasteiger partial charge in [0.05, 0.1) is 31.5 Å². The van der Waals surface area contributed by atoms with Crippen LogP contribution in [-0.4, -0.2) is 101 Å². The third-order valence-electron chi connectivity index (χ3n) is 10.2. The summed E-state index contributed by atoms with van der Waals surface area (Å²) in [5.74, 6) is -4.44. The molecule has 1 fully saturated rings. The van der Waals surface area contributed by atoms with Gasteiger partial charge in [-0.25, -0.2) is 9.78 Å². The predicted octanol–water partition coefficient (Wildman–Crippen LogP) is 2.15. The first kappa shape index (κ1) is 38.3. The molecule has 1 aromatic heterocycles. The molecule has 3 heterocycles. The topological polar surface area (TPSA) is 222 Å². The van der Waals surface area contributed by atoms with Crippen LogP contribution in [0.5, 0.6) is 5.75 Å². The number of fused-ring (bicyclic) bond motifs is 2. The van der Waals surface area contributed by atoms with Gasteiger partial charge in [-0.05, 0) is 53.4 Å². The summed E-state index contributed by atoms with van der Waals surface area (Å²) < 4.78 is 10.7. The maximum absolute atomic E-state index is 13.5. The number of anilines is 1. The smallest absolute Gasteiger partial charge is 0.332 e. The van der Waals surface area contributed by atoms with Gasteiger partial charge < -0.3 is 30.5 Å². The summed E-state index contributed by atoms with van der Waals surface area (Å²) in [6.45, 7) is 0.854. The molecule has 1 aliphatic carbocycles. The first-order valence-electron chi connectivity index (χ1n) is 18.2. The molecule has 0 bridgehead atoms. The quantitative estimate of drug-likeness (QED) is 0.0750. The number of aromatic hydroxyl groups is 1. The van der Waals surface area contributed by atoms with Gasteiger partial charge in [-0.15, -0.1) is 0 Å². The number of nitrogens with zero attached hydrogens (tertiary/aromatic N) is 2. The lowest BCUT2D eigenvalue weighted by atomic mass is 9.95. The molecule has 7 rings (SSSR count). The Morgan fingerprint density at radius 3 is 2.30 bits per heavy atom. The number of hydrogen-bond donors (Lipinski definition) is 5. The lowest BCUT2D eigenvalue weighted by molar-refractivity contribution is -0.148. The van der Waals surface area contributed by atoms with Crippen LogP contribution < -0.4 is 21.3 Å². The molecule has 6 amide bonds. The minimum Gasteiger partial charge on any atom is -0.505 e. The van der Waals surface area contributed by atoms with E-state index in [4.69, 9.17) is 9.47 Å². The molecule has 16 heteroatoms. The molecule has 1 unspecified atom stereocenters. The van der Waals surface area contributed by atoms with E-state index in [2.05, 4.69) is 26.3 Å². The second kappa shape index (κ2) is 16.0. The Kier molecular flexibility index (Phi) is 10.8. The summed E-state index contributed by atoms with van der Waals surface area (Å²) in [5.41, 5.74) is 2.08. The molecule has 5 N–H and O–H groups in total. The van der Waals surface area contributed by atoms with Gasteiger partial charge in [0, 0.05) is 55.4 Å². The number of pyridine rings is 1. The Balaban J connectivity index is 0.886. The van der Waals surface area contributed by atoms with Crippen molar-refractivity contribution in [3.05, 3.63) is 113 Å². The molecule has 16 nitrogen and oxygen atoms in total. The van der Waals surface area contributed by atoms with Crippen LogP contribution in [0.25, 0.3) is 11.1 Å². The van der Waals surface area contributed by atoms with Gasteiger partial charge in [-0.2, -0.15) is 0 Å². The van der Waals surface area contributed by atoms with E-state index in [-0.39, 0.29) is 80.5 Å². The average Bonchev–Trinajstić information content (AvgIpc) is 3.71. The van der Waals surface area contributed by atoms with Gasteiger partial charge in [0.15, 0.2) is 11.4 Å². The van der Waals surface area contributed by atoms with Crippen LogP contribution in [0.1, 0.15) is 65.5 Å². The maximum Gasteiger partial charge on any atom is 0.332 e. The molecule has 2 aliphatic heterocycles. The average molecular weight is 775 g/mol. The summed E-state index contributed by atoms with van der Waals surface area (Å²) in [6, 6.07) is 19.1. The molecule has 0 spiro atoms. The van der Waals surface area contributed by atoms with Crippen molar-refractivity contribution in [3.63, 3.8) is 0 Å². The summed E-state index contributed by atoms with van der Waals surface area (Å²) in [6.07, 6.45) is 1.92. The van der Waals surface area contributed by atoms with Gasteiger partial charge >= 0.3 is 5.97 Å². The SMILES string of the molecule is COC(=O)C1(NC(=O)c2nccc(-c3ccc(C(=O)NCCOCCNc4cccc5c4C(=O)N(C4CCC(=O)NC4=O)C5=O)cc3)c2O)Cc2ccccc2C1. The second-order valence-corrected chi connectivity index (χ2v) is 13.8. The fraction of sp³-hybridized carbons (Fsp3) is 0.268. The highest BCUT2D eigenvalue weighted by Gasteiger charge is 2.47. The van der Waals surface area contributed by atoms with Gasteiger partial charge in [-0.3, -0.25) is 39.0 Å². The Hall–Kier alpha value is -6.94. The summed E-state index contributed by atoms with van der Waals surface area (Å²) in [5, 5.41) is 22.0. The summed E-state index contributed by atoms with van der Waals surface area (Å²) in [7, 11) is 1.25. The fourth-order valence-electron chi connectivity index (χ4n) is 7.39. The number of rotatable bonds is 13. The minimum atomic E-state index is -1.35. The molecule has 292 valence electrons. The van der Waals surface area contributed by atoms with Crippen molar-refractivity contribution in [2.24, 2.45) is 0 Å². The van der Waals surface area contributed by atoms with Gasteiger partial charge in [0.1, 0.15) is 11.6 Å². The zero-order chi connectivity index (χ0) is 40.3. The Morgan fingerprint density at radius 1 is 0.877 bits per heavy atom. The standard InChI is InChI=1S/C41H38N6O10/c1-56-40(55)41(21-25-5-2-3-6-26(25)22-41)46-37(52)33-34(49)27(15-16-43-33)23-9-11-24(12-10-23)35(50)44-18-20-57-19-17-42-29-8-4-7-28-32(29)39(54)47(38(28)53)30-13-14-31(48)45-36(30)51/h2-12,15-16,30,42,49H,13-14,17-22H2,1H3,(H,44,50)(H,46,52)(H,45,48,51). The van der Waals surface area contributed by atoms with Crippen LogP contribution in [0, 0.1) is 0 Å². The molecule has 3 aliphatic rings. The van der Waals surface area contributed by atoms with E-state index in [1.165, 1.54) is 25.4 Å². The Bertz CT molecular complexity index is 2280. The lowest BCUT2D eigenvalue weighted by Crippen LogP contribution is -2.56. The maximum atomic E-state index is 13.5. The largest absolute Gasteiger partial charge is 0.505 e. The van der Waals surface area contributed by atoms with E-state index < -0.39 is 47.1 Å².